The van der Waals surface area contributed by atoms with Gasteiger partial charge in [0.05, 0.1) is 16.5 Å². The van der Waals surface area contributed by atoms with Crippen molar-refractivity contribution in [3.8, 4) is 0 Å². The summed E-state index contributed by atoms with van der Waals surface area (Å²) in [6.07, 6.45) is 0.806. The number of carboxylic acid groups (broad SMARTS) is 1. The number of carboxylic acids is 1. The maximum atomic E-state index is 13.2. The van der Waals surface area contributed by atoms with Gasteiger partial charge in [-0.25, -0.2) is 0 Å². The molecule has 0 spiro atoms. The Balaban J connectivity index is 1.62. The van der Waals surface area contributed by atoms with Crippen LogP contribution in [0.15, 0.2) is 60.7 Å². The number of nitrogens with zero attached hydrogens (tertiary/aromatic N) is 2. The van der Waals surface area contributed by atoms with Crippen molar-refractivity contribution in [1.82, 2.24) is 9.88 Å². The monoisotopic (exact) mass is 374 g/mol. The van der Waals surface area contributed by atoms with Crippen LogP contribution in [0.5, 0.6) is 0 Å². The molecule has 3 aromatic rings. The number of hydrogen-bond acceptors (Lipinski definition) is 3. The second-order valence-electron chi connectivity index (χ2n) is 7.37. The number of benzene rings is 2. The minimum atomic E-state index is -0.936. The normalized spacial score (nSPS) is 16.1. The van der Waals surface area contributed by atoms with Crippen molar-refractivity contribution in [2.24, 2.45) is 0 Å². The van der Waals surface area contributed by atoms with Gasteiger partial charge in [0.1, 0.15) is 0 Å². The summed E-state index contributed by atoms with van der Waals surface area (Å²) in [7, 11) is 0. The zero-order valence-electron chi connectivity index (χ0n) is 15.8. The summed E-state index contributed by atoms with van der Waals surface area (Å²) < 4.78 is 0. The van der Waals surface area contributed by atoms with Gasteiger partial charge in [-0.1, -0.05) is 48.5 Å². The van der Waals surface area contributed by atoms with E-state index >= 15 is 0 Å². The molecule has 142 valence electrons. The minimum Gasteiger partial charge on any atom is -0.481 e. The molecule has 1 saturated heterocycles. The Morgan fingerprint density at radius 2 is 1.64 bits per heavy atom. The number of aliphatic carboxylic acids is 1. The lowest BCUT2D eigenvalue weighted by Gasteiger charge is -2.39. The zero-order valence-corrected chi connectivity index (χ0v) is 15.8. The number of carbonyl (C=O) groups is 2. The van der Waals surface area contributed by atoms with Crippen LogP contribution in [0.3, 0.4) is 0 Å². The highest BCUT2D eigenvalue weighted by molar-refractivity contribution is 6.06. The lowest BCUT2D eigenvalue weighted by Crippen LogP contribution is -2.49. The molecular weight excluding hydrogens is 352 g/mol. The average molecular weight is 374 g/mol. The van der Waals surface area contributed by atoms with Gasteiger partial charge in [-0.05, 0) is 37.5 Å². The van der Waals surface area contributed by atoms with E-state index in [2.05, 4.69) is 4.98 Å². The summed E-state index contributed by atoms with van der Waals surface area (Å²) in [5.41, 5.74) is 2.09. The van der Waals surface area contributed by atoms with Gasteiger partial charge in [0.15, 0.2) is 0 Å². The largest absolute Gasteiger partial charge is 0.481 e. The summed E-state index contributed by atoms with van der Waals surface area (Å²) in [6, 6.07) is 18.8. The lowest BCUT2D eigenvalue weighted by atomic mass is 9.72. The Hall–Kier alpha value is -3.21. The van der Waals surface area contributed by atoms with Gasteiger partial charge < -0.3 is 10.0 Å². The molecule has 1 amide bonds. The number of piperidine rings is 1. The summed E-state index contributed by atoms with van der Waals surface area (Å²) >= 11 is 0. The first-order valence-corrected chi connectivity index (χ1v) is 9.46. The van der Waals surface area contributed by atoms with E-state index in [1.165, 1.54) is 0 Å². The van der Waals surface area contributed by atoms with Gasteiger partial charge in [-0.2, -0.15) is 0 Å². The second-order valence-corrected chi connectivity index (χ2v) is 7.37. The van der Waals surface area contributed by atoms with E-state index in [1.54, 1.807) is 4.90 Å². The Morgan fingerprint density at radius 3 is 2.32 bits per heavy atom. The Morgan fingerprint density at radius 1 is 1.00 bits per heavy atom. The number of fused-ring (bicyclic) bond motifs is 1. The van der Waals surface area contributed by atoms with Gasteiger partial charge in [0.25, 0.3) is 5.91 Å². The van der Waals surface area contributed by atoms with Crippen LogP contribution in [0.4, 0.5) is 0 Å². The molecule has 28 heavy (non-hydrogen) atoms. The third-order valence-corrected chi connectivity index (χ3v) is 5.71. The van der Waals surface area contributed by atoms with Gasteiger partial charge in [0.2, 0.25) is 0 Å². The predicted molar refractivity (Wildman–Crippen MR) is 107 cm³/mol. The number of hydrogen-bond donors (Lipinski definition) is 1. The maximum Gasteiger partial charge on any atom is 0.314 e. The summed E-state index contributed by atoms with van der Waals surface area (Å²) in [5.74, 6) is -0.884. The van der Waals surface area contributed by atoms with E-state index in [4.69, 9.17) is 0 Å². The van der Waals surface area contributed by atoms with Gasteiger partial charge in [0, 0.05) is 24.2 Å². The molecule has 1 aliphatic rings. The predicted octanol–water partition coefficient (Wildman–Crippen LogP) is 3.80. The maximum absolute atomic E-state index is 13.2. The van der Waals surface area contributed by atoms with Gasteiger partial charge in [-0.15, -0.1) is 0 Å². The van der Waals surface area contributed by atoms with Crippen molar-refractivity contribution in [1.29, 1.82) is 0 Å². The molecular formula is C23H22N2O3. The lowest BCUT2D eigenvalue weighted by molar-refractivity contribution is -0.145. The average Bonchev–Trinajstić information content (AvgIpc) is 2.73. The van der Waals surface area contributed by atoms with Crippen LogP contribution >= 0.6 is 0 Å². The third-order valence-electron chi connectivity index (χ3n) is 5.71. The molecule has 0 unspecified atom stereocenters. The van der Waals surface area contributed by atoms with Crippen LogP contribution < -0.4 is 0 Å². The van der Waals surface area contributed by atoms with Gasteiger partial charge in [-0.3, -0.25) is 14.6 Å². The number of rotatable bonds is 3. The molecule has 0 saturated carbocycles. The van der Waals surface area contributed by atoms with Crippen molar-refractivity contribution < 1.29 is 14.7 Å². The molecule has 1 fully saturated rings. The van der Waals surface area contributed by atoms with E-state index in [9.17, 15) is 14.7 Å². The smallest absolute Gasteiger partial charge is 0.314 e. The van der Waals surface area contributed by atoms with Crippen molar-refractivity contribution in [2.45, 2.75) is 25.2 Å². The highest BCUT2D eigenvalue weighted by Gasteiger charge is 2.44. The fraction of sp³-hybridized carbons (Fsp3) is 0.261. The van der Waals surface area contributed by atoms with Gasteiger partial charge >= 0.3 is 5.97 Å². The van der Waals surface area contributed by atoms with E-state index in [1.807, 2.05) is 67.6 Å². The zero-order chi connectivity index (χ0) is 19.7. The molecule has 0 bridgehead atoms. The molecule has 1 N–H and O–H groups in total. The fourth-order valence-corrected chi connectivity index (χ4v) is 4.13. The molecule has 0 atom stereocenters. The molecule has 5 nitrogen and oxygen atoms in total. The molecule has 0 aliphatic carbocycles. The Bertz CT molecular complexity index is 1040. The number of likely N-dealkylation sites (tertiary alicyclic amines) is 1. The van der Waals surface area contributed by atoms with Crippen molar-refractivity contribution in [2.75, 3.05) is 13.1 Å². The third kappa shape index (κ3) is 3.03. The number of carbonyl (C=O) groups excluding carboxylic acids is 1. The first-order chi connectivity index (χ1) is 13.5. The molecule has 1 aliphatic heterocycles. The van der Waals surface area contributed by atoms with E-state index in [-0.39, 0.29) is 5.91 Å². The number of aryl methyl sites for hydroxylation is 1. The van der Waals surface area contributed by atoms with Crippen LogP contribution in [0.1, 0.15) is 34.5 Å². The van der Waals surface area contributed by atoms with Crippen LogP contribution in [-0.4, -0.2) is 40.0 Å². The van der Waals surface area contributed by atoms with Crippen LogP contribution in [0.25, 0.3) is 10.9 Å². The van der Waals surface area contributed by atoms with E-state index in [0.717, 1.165) is 22.2 Å². The standard InChI is InChI=1S/C23H22N2O3/c1-16-15-19(18-9-5-6-10-20(18)24-16)21(26)25-13-11-23(12-14-25,22(27)28)17-7-3-2-4-8-17/h2-10,15H,11-14H2,1H3,(H,27,28). The van der Waals surface area contributed by atoms with Crippen LogP contribution in [0.2, 0.25) is 0 Å². The van der Waals surface area contributed by atoms with Crippen LogP contribution in [-0.2, 0) is 10.2 Å². The van der Waals surface area contributed by atoms with Crippen molar-refractivity contribution in [3.05, 3.63) is 77.5 Å². The number of para-hydroxylation sites is 1. The Labute approximate surface area is 163 Å². The topological polar surface area (TPSA) is 70.5 Å². The highest BCUT2D eigenvalue weighted by Crippen LogP contribution is 2.36. The Kier molecular flexibility index (Phi) is 4.59. The molecule has 2 aromatic carbocycles. The van der Waals surface area contributed by atoms with Crippen molar-refractivity contribution >= 4 is 22.8 Å². The van der Waals surface area contributed by atoms with Crippen LogP contribution in [0, 0.1) is 6.92 Å². The fourth-order valence-electron chi connectivity index (χ4n) is 4.13. The summed E-state index contributed by atoms with van der Waals surface area (Å²) in [5, 5.41) is 10.8. The quantitative estimate of drug-likeness (QED) is 0.757. The summed E-state index contributed by atoms with van der Waals surface area (Å²) in [4.78, 5) is 31.6. The number of aromatic nitrogens is 1. The van der Waals surface area contributed by atoms with E-state index in [0.29, 0.717) is 31.5 Å². The second kappa shape index (κ2) is 7.08. The summed E-state index contributed by atoms with van der Waals surface area (Å²) in [6.45, 7) is 2.70. The molecule has 5 heteroatoms. The number of pyridine rings is 1. The molecule has 0 radical (unpaired) electrons. The first kappa shape index (κ1) is 18.2. The van der Waals surface area contributed by atoms with E-state index < -0.39 is 11.4 Å². The molecule has 2 heterocycles. The minimum absolute atomic E-state index is 0.0613. The SMILES string of the molecule is Cc1cc(C(=O)N2CCC(C(=O)O)(c3ccccc3)CC2)c2ccccc2n1. The first-order valence-electron chi connectivity index (χ1n) is 9.46. The van der Waals surface area contributed by atoms with Crippen molar-refractivity contribution in [3.63, 3.8) is 0 Å². The highest BCUT2D eigenvalue weighted by atomic mass is 16.4. The number of amides is 1. The molecule has 4 rings (SSSR count). The molecule has 1 aromatic heterocycles.